The van der Waals surface area contributed by atoms with E-state index in [9.17, 15) is 0 Å². The van der Waals surface area contributed by atoms with Crippen molar-refractivity contribution in [1.29, 1.82) is 0 Å². The molecule has 0 aliphatic rings. The van der Waals surface area contributed by atoms with Gasteiger partial charge in [0.15, 0.2) is 0 Å². The highest BCUT2D eigenvalue weighted by molar-refractivity contribution is 5.45. The largest absolute Gasteiger partial charge is 0.398 e. The number of anilines is 1. The van der Waals surface area contributed by atoms with E-state index in [0.29, 0.717) is 6.42 Å². The fraction of sp³-hybridized carbons (Fsp3) is 0.273. The maximum Gasteiger partial charge on any atom is 0.0537 e. The predicted octanol–water partition coefficient (Wildman–Crippen LogP) is 0.640. The molecular formula is C11H15N5. The molecule has 5 nitrogen and oxygen atoms in total. The number of nitrogens with zero attached hydrogens (tertiary/aromatic N) is 3. The second kappa shape index (κ2) is 4.32. The fourth-order valence-electron chi connectivity index (χ4n) is 1.59. The standard InChI is InChI=1S/C11H15N5/c1-16-7-9(6-15-16)11(13)4-8-5-14-3-2-10(8)12/h2-3,5-7,11H,4,13H2,1H3,(H2,12,14). The second-order valence-electron chi connectivity index (χ2n) is 3.83. The van der Waals surface area contributed by atoms with Crippen molar-refractivity contribution in [2.75, 3.05) is 5.73 Å². The lowest BCUT2D eigenvalue weighted by Gasteiger charge is -2.10. The van der Waals surface area contributed by atoms with Gasteiger partial charge in [0.1, 0.15) is 0 Å². The molecule has 0 saturated heterocycles. The second-order valence-corrected chi connectivity index (χ2v) is 3.83. The van der Waals surface area contributed by atoms with Gasteiger partial charge in [-0.15, -0.1) is 0 Å². The maximum absolute atomic E-state index is 6.07. The normalized spacial score (nSPS) is 12.6. The van der Waals surface area contributed by atoms with Gasteiger partial charge >= 0.3 is 0 Å². The first-order valence-corrected chi connectivity index (χ1v) is 5.09. The van der Waals surface area contributed by atoms with E-state index < -0.39 is 0 Å². The van der Waals surface area contributed by atoms with E-state index >= 15 is 0 Å². The van der Waals surface area contributed by atoms with Gasteiger partial charge in [0, 0.05) is 42.9 Å². The van der Waals surface area contributed by atoms with Crippen LogP contribution in [0.15, 0.2) is 30.9 Å². The molecule has 84 valence electrons. The summed E-state index contributed by atoms with van der Waals surface area (Å²) in [4.78, 5) is 4.04. The Morgan fingerprint density at radius 3 is 2.88 bits per heavy atom. The number of rotatable bonds is 3. The van der Waals surface area contributed by atoms with Gasteiger partial charge in [0.05, 0.1) is 6.20 Å². The molecule has 0 bridgehead atoms. The zero-order valence-electron chi connectivity index (χ0n) is 9.17. The summed E-state index contributed by atoms with van der Waals surface area (Å²) in [6.45, 7) is 0. The zero-order chi connectivity index (χ0) is 11.5. The SMILES string of the molecule is Cn1cc(C(N)Cc2cnccc2N)cn1. The molecule has 0 amide bonds. The average Bonchev–Trinajstić information content (AvgIpc) is 2.68. The summed E-state index contributed by atoms with van der Waals surface area (Å²) in [5, 5.41) is 4.09. The zero-order valence-corrected chi connectivity index (χ0v) is 9.17. The van der Waals surface area contributed by atoms with Crippen LogP contribution in [0.5, 0.6) is 0 Å². The quantitative estimate of drug-likeness (QED) is 0.790. The van der Waals surface area contributed by atoms with Crippen LogP contribution in [-0.2, 0) is 13.5 Å². The van der Waals surface area contributed by atoms with Crippen LogP contribution >= 0.6 is 0 Å². The number of hydrogen-bond acceptors (Lipinski definition) is 4. The number of nitrogens with two attached hydrogens (primary N) is 2. The Balaban J connectivity index is 2.13. The molecule has 5 heteroatoms. The summed E-state index contributed by atoms with van der Waals surface area (Å²) in [5.74, 6) is 0. The Morgan fingerprint density at radius 1 is 1.44 bits per heavy atom. The highest BCUT2D eigenvalue weighted by Crippen LogP contribution is 2.18. The third kappa shape index (κ3) is 2.20. The molecule has 2 rings (SSSR count). The highest BCUT2D eigenvalue weighted by Gasteiger charge is 2.10. The van der Waals surface area contributed by atoms with E-state index in [1.807, 2.05) is 13.2 Å². The van der Waals surface area contributed by atoms with E-state index in [1.54, 1.807) is 29.3 Å². The molecule has 16 heavy (non-hydrogen) atoms. The molecule has 0 fully saturated rings. The Bertz CT molecular complexity index is 477. The Kier molecular flexibility index (Phi) is 2.87. The van der Waals surface area contributed by atoms with Crippen molar-refractivity contribution in [1.82, 2.24) is 14.8 Å². The molecule has 0 spiro atoms. The maximum atomic E-state index is 6.07. The van der Waals surface area contributed by atoms with Gasteiger partial charge in [-0.05, 0) is 18.1 Å². The first-order chi connectivity index (χ1) is 7.66. The summed E-state index contributed by atoms with van der Waals surface area (Å²) in [7, 11) is 1.87. The van der Waals surface area contributed by atoms with Gasteiger partial charge in [0.2, 0.25) is 0 Å². The molecule has 0 aliphatic heterocycles. The van der Waals surface area contributed by atoms with Crippen molar-refractivity contribution in [3.05, 3.63) is 42.0 Å². The molecule has 0 aliphatic carbocycles. The summed E-state index contributed by atoms with van der Waals surface area (Å²) in [6, 6.07) is 1.69. The molecule has 0 saturated carbocycles. The van der Waals surface area contributed by atoms with Crippen molar-refractivity contribution in [3.8, 4) is 0 Å². The van der Waals surface area contributed by atoms with Gasteiger partial charge in [-0.25, -0.2) is 0 Å². The first-order valence-electron chi connectivity index (χ1n) is 5.09. The van der Waals surface area contributed by atoms with Crippen LogP contribution < -0.4 is 11.5 Å². The van der Waals surface area contributed by atoms with Crippen LogP contribution in [0, 0.1) is 0 Å². The smallest absolute Gasteiger partial charge is 0.0537 e. The Labute approximate surface area is 94.1 Å². The lowest BCUT2D eigenvalue weighted by Crippen LogP contribution is -2.13. The molecule has 1 unspecified atom stereocenters. The van der Waals surface area contributed by atoms with Gasteiger partial charge in [-0.1, -0.05) is 0 Å². The van der Waals surface area contributed by atoms with Crippen LogP contribution in [-0.4, -0.2) is 14.8 Å². The molecule has 2 heterocycles. The fourth-order valence-corrected chi connectivity index (χ4v) is 1.59. The van der Waals surface area contributed by atoms with Crippen LogP contribution in [0.1, 0.15) is 17.2 Å². The minimum Gasteiger partial charge on any atom is -0.398 e. The summed E-state index contributed by atoms with van der Waals surface area (Å²) in [5.41, 5.74) is 14.6. The van der Waals surface area contributed by atoms with E-state index in [2.05, 4.69) is 10.1 Å². The minimum absolute atomic E-state index is 0.0970. The molecule has 0 aromatic carbocycles. The number of aromatic nitrogens is 3. The minimum atomic E-state index is -0.0970. The molecule has 2 aromatic rings. The van der Waals surface area contributed by atoms with Crippen molar-refractivity contribution in [3.63, 3.8) is 0 Å². The molecular weight excluding hydrogens is 202 g/mol. The summed E-state index contributed by atoms with van der Waals surface area (Å²) < 4.78 is 1.74. The summed E-state index contributed by atoms with van der Waals surface area (Å²) in [6.07, 6.45) is 7.79. The van der Waals surface area contributed by atoms with Crippen molar-refractivity contribution >= 4 is 5.69 Å². The van der Waals surface area contributed by atoms with E-state index in [1.165, 1.54) is 0 Å². The van der Waals surface area contributed by atoms with Crippen LogP contribution in [0.2, 0.25) is 0 Å². The van der Waals surface area contributed by atoms with Gasteiger partial charge in [-0.2, -0.15) is 5.10 Å². The van der Waals surface area contributed by atoms with E-state index in [-0.39, 0.29) is 6.04 Å². The Morgan fingerprint density at radius 2 is 2.25 bits per heavy atom. The average molecular weight is 217 g/mol. The number of hydrogen-bond donors (Lipinski definition) is 2. The van der Waals surface area contributed by atoms with Crippen molar-refractivity contribution in [2.45, 2.75) is 12.5 Å². The van der Waals surface area contributed by atoms with Crippen LogP contribution in [0.4, 0.5) is 5.69 Å². The van der Waals surface area contributed by atoms with Crippen LogP contribution in [0.3, 0.4) is 0 Å². The third-order valence-corrected chi connectivity index (χ3v) is 2.53. The van der Waals surface area contributed by atoms with E-state index in [4.69, 9.17) is 11.5 Å². The van der Waals surface area contributed by atoms with Gasteiger partial charge in [0.25, 0.3) is 0 Å². The van der Waals surface area contributed by atoms with Crippen LogP contribution in [0.25, 0.3) is 0 Å². The lowest BCUT2D eigenvalue weighted by molar-refractivity contribution is 0.716. The predicted molar refractivity (Wildman–Crippen MR) is 62.5 cm³/mol. The summed E-state index contributed by atoms with van der Waals surface area (Å²) >= 11 is 0. The first kappa shape index (κ1) is 10.6. The monoisotopic (exact) mass is 217 g/mol. The topological polar surface area (TPSA) is 82.8 Å². The molecule has 1 atom stereocenters. The van der Waals surface area contributed by atoms with Crippen molar-refractivity contribution < 1.29 is 0 Å². The number of aryl methyl sites for hydroxylation is 1. The van der Waals surface area contributed by atoms with Crippen molar-refractivity contribution in [2.24, 2.45) is 12.8 Å². The van der Waals surface area contributed by atoms with Gasteiger partial charge in [-0.3, -0.25) is 9.67 Å². The molecule has 2 aromatic heterocycles. The highest BCUT2D eigenvalue weighted by atomic mass is 15.2. The number of nitrogen functional groups attached to an aromatic ring is 1. The third-order valence-electron chi connectivity index (χ3n) is 2.53. The lowest BCUT2D eigenvalue weighted by atomic mass is 10.0. The molecule has 0 radical (unpaired) electrons. The van der Waals surface area contributed by atoms with Gasteiger partial charge < -0.3 is 11.5 Å². The Hall–Kier alpha value is -1.88. The number of pyridine rings is 1. The van der Waals surface area contributed by atoms with E-state index in [0.717, 1.165) is 16.8 Å². The molecule has 4 N–H and O–H groups in total.